The average molecular weight is 269 g/mol. The normalized spacial score (nSPS) is 11.7. The Morgan fingerprint density at radius 2 is 1.65 bits per heavy atom. The number of nitrogens with one attached hydrogen (secondary N) is 2. The van der Waals surface area contributed by atoms with Crippen molar-refractivity contribution in [3.63, 3.8) is 0 Å². The lowest BCUT2D eigenvalue weighted by atomic mass is 10.0. The summed E-state index contributed by atoms with van der Waals surface area (Å²) in [6.07, 6.45) is 0. The standard InChI is InChI=1S/C16H19N3O/c1-11-5-3-4-6-15(11)12(2)18-13-7-9-14(10-8-13)19-16(17)20/h3-10,12,18H,1-2H3,(H3,17,19,20). The van der Waals surface area contributed by atoms with E-state index in [2.05, 4.69) is 36.6 Å². The van der Waals surface area contributed by atoms with Crippen molar-refractivity contribution in [2.75, 3.05) is 10.6 Å². The van der Waals surface area contributed by atoms with Gasteiger partial charge in [-0.15, -0.1) is 0 Å². The first kappa shape index (κ1) is 13.9. The molecule has 2 aromatic rings. The van der Waals surface area contributed by atoms with Gasteiger partial charge < -0.3 is 16.4 Å². The number of amides is 2. The van der Waals surface area contributed by atoms with Gasteiger partial charge in [0.1, 0.15) is 0 Å². The van der Waals surface area contributed by atoms with E-state index in [9.17, 15) is 4.79 Å². The van der Waals surface area contributed by atoms with E-state index in [-0.39, 0.29) is 6.04 Å². The molecule has 0 aliphatic carbocycles. The van der Waals surface area contributed by atoms with Gasteiger partial charge in [0.2, 0.25) is 0 Å². The third kappa shape index (κ3) is 3.51. The topological polar surface area (TPSA) is 67.2 Å². The van der Waals surface area contributed by atoms with E-state index in [0.717, 1.165) is 5.69 Å². The van der Waals surface area contributed by atoms with E-state index in [1.807, 2.05) is 36.4 Å². The summed E-state index contributed by atoms with van der Waals surface area (Å²) in [5, 5.41) is 5.97. The van der Waals surface area contributed by atoms with Gasteiger partial charge in [0, 0.05) is 17.4 Å². The Morgan fingerprint density at radius 1 is 1.05 bits per heavy atom. The van der Waals surface area contributed by atoms with Crippen LogP contribution in [0.15, 0.2) is 48.5 Å². The molecule has 1 atom stereocenters. The van der Waals surface area contributed by atoms with Gasteiger partial charge in [0.15, 0.2) is 0 Å². The van der Waals surface area contributed by atoms with Crippen LogP contribution in [-0.4, -0.2) is 6.03 Å². The predicted octanol–water partition coefficient (Wildman–Crippen LogP) is 3.66. The van der Waals surface area contributed by atoms with E-state index >= 15 is 0 Å². The first-order valence-electron chi connectivity index (χ1n) is 6.55. The number of carbonyl (C=O) groups is 1. The fourth-order valence-corrected chi connectivity index (χ4v) is 2.19. The molecule has 0 bridgehead atoms. The van der Waals surface area contributed by atoms with E-state index in [4.69, 9.17) is 5.73 Å². The molecule has 0 spiro atoms. The Kier molecular flexibility index (Phi) is 4.25. The van der Waals surface area contributed by atoms with Crippen molar-refractivity contribution in [1.29, 1.82) is 0 Å². The summed E-state index contributed by atoms with van der Waals surface area (Å²) in [5.74, 6) is 0. The minimum atomic E-state index is -0.556. The lowest BCUT2D eigenvalue weighted by Gasteiger charge is -2.18. The Morgan fingerprint density at radius 3 is 2.25 bits per heavy atom. The Bertz CT molecular complexity index is 593. The van der Waals surface area contributed by atoms with Gasteiger partial charge in [-0.05, 0) is 49.2 Å². The number of urea groups is 1. The number of benzene rings is 2. The van der Waals surface area contributed by atoms with Crippen molar-refractivity contribution in [3.05, 3.63) is 59.7 Å². The molecule has 2 rings (SSSR count). The molecule has 4 nitrogen and oxygen atoms in total. The molecule has 0 aliphatic rings. The highest BCUT2D eigenvalue weighted by Gasteiger charge is 2.07. The Hall–Kier alpha value is -2.49. The highest BCUT2D eigenvalue weighted by atomic mass is 16.2. The van der Waals surface area contributed by atoms with Gasteiger partial charge in [-0.25, -0.2) is 4.79 Å². The van der Waals surface area contributed by atoms with Gasteiger partial charge in [-0.3, -0.25) is 0 Å². The highest BCUT2D eigenvalue weighted by molar-refractivity contribution is 5.87. The first-order chi connectivity index (χ1) is 9.56. The van der Waals surface area contributed by atoms with Gasteiger partial charge >= 0.3 is 6.03 Å². The van der Waals surface area contributed by atoms with Gasteiger partial charge in [-0.1, -0.05) is 24.3 Å². The van der Waals surface area contributed by atoms with Crippen LogP contribution in [0.4, 0.5) is 16.2 Å². The van der Waals surface area contributed by atoms with Crippen LogP contribution in [-0.2, 0) is 0 Å². The maximum Gasteiger partial charge on any atom is 0.316 e. The number of aryl methyl sites for hydroxylation is 1. The molecule has 0 aromatic heterocycles. The zero-order valence-electron chi connectivity index (χ0n) is 11.7. The molecule has 1 unspecified atom stereocenters. The van der Waals surface area contributed by atoms with E-state index < -0.39 is 6.03 Å². The van der Waals surface area contributed by atoms with Crippen molar-refractivity contribution < 1.29 is 4.79 Å². The van der Waals surface area contributed by atoms with Crippen LogP contribution in [0.25, 0.3) is 0 Å². The van der Waals surface area contributed by atoms with Crippen molar-refractivity contribution in [1.82, 2.24) is 0 Å². The van der Waals surface area contributed by atoms with Crippen LogP contribution in [0, 0.1) is 6.92 Å². The lowest BCUT2D eigenvalue weighted by Crippen LogP contribution is -2.19. The van der Waals surface area contributed by atoms with Crippen LogP contribution in [0.2, 0.25) is 0 Å². The molecule has 2 amide bonds. The molecule has 4 heteroatoms. The molecular formula is C16H19N3O. The Balaban J connectivity index is 2.06. The monoisotopic (exact) mass is 269 g/mol. The first-order valence-corrected chi connectivity index (χ1v) is 6.55. The molecule has 0 fully saturated rings. The van der Waals surface area contributed by atoms with Crippen LogP contribution in [0.5, 0.6) is 0 Å². The maximum absolute atomic E-state index is 10.7. The summed E-state index contributed by atoms with van der Waals surface area (Å²) in [4.78, 5) is 10.7. The molecule has 4 N–H and O–H groups in total. The summed E-state index contributed by atoms with van der Waals surface area (Å²) < 4.78 is 0. The summed E-state index contributed by atoms with van der Waals surface area (Å²) in [6, 6.07) is 15.4. The number of carbonyl (C=O) groups excluding carboxylic acids is 1. The molecule has 0 saturated carbocycles. The summed E-state index contributed by atoms with van der Waals surface area (Å²) in [5.41, 5.74) is 9.29. The molecule has 20 heavy (non-hydrogen) atoms. The number of anilines is 2. The number of nitrogens with two attached hydrogens (primary N) is 1. The van der Waals surface area contributed by atoms with E-state index in [1.54, 1.807) is 0 Å². The van der Waals surface area contributed by atoms with Gasteiger partial charge in [-0.2, -0.15) is 0 Å². The largest absolute Gasteiger partial charge is 0.379 e. The van der Waals surface area contributed by atoms with Crippen LogP contribution in [0.3, 0.4) is 0 Å². The molecule has 104 valence electrons. The SMILES string of the molecule is Cc1ccccc1C(C)Nc1ccc(NC(N)=O)cc1. The zero-order valence-corrected chi connectivity index (χ0v) is 11.7. The molecule has 0 saturated heterocycles. The van der Waals surface area contributed by atoms with Gasteiger partial charge in [0.05, 0.1) is 0 Å². The summed E-state index contributed by atoms with van der Waals surface area (Å²) >= 11 is 0. The minimum absolute atomic E-state index is 0.214. The number of rotatable bonds is 4. The zero-order chi connectivity index (χ0) is 14.5. The second kappa shape index (κ2) is 6.10. The molecule has 0 heterocycles. The minimum Gasteiger partial charge on any atom is -0.379 e. The number of hydrogen-bond donors (Lipinski definition) is 3. The smallest absolute Gasteiger partial charge is 0.316 e. The number of primary amides is 1. The quantitative estimate of drug-likeness (QED) is 0.793. The lowest BCUT2D eigenvalue weighted by molar-refractivity contribution is 0.259. The van der Waals surface area contributed by atoms with Crippen molar-refractivity contribution >= 4 is 17.4 Å². The van der Waals surface area contributed by atoms with Crippen LogP contribution < -0.4 is 16.4 Å². The van der Waals surface area contributed by atoms with Crippen LogP contribution >= 0.6 is 0 Å². The molecular weight excluding hydrogens is 250 g/mol. The maximum atomic E-state index is 10.7. The average Bonchev–Trinajstić information content (AvgIpc) is 2.41. The molecule has 0 aliphatic heterocycles. The van der Waals surface area contributed by atoms with E-state index in [0.29, 0.717) is 5.69 Å². The fraction of sp³-hybridized carbons (Fsp3) is 0.188. The van der Waals surface area contributed by atoms with Crippen LogP contribution in [0.1, 0.15) is 24.1 Å². The summed E-state index contributed by atoms with van der Waals surface area (Å²) in [7, 11) is 0. The van der Waals surface area contributed by atoms with E-state index in [1.165, 1.54) is 11.1 Å². The second-order valence-electron chi connectivity index (χ2n) is 4.79. The fourth-order valence-electron chi connectivity index (χ4n) is 2.19. The highest BCUT2D eigenvalue weighted by Crippen LogP contribution is 2.22. The van der Waals surface area contributed by atoms with Crippen molar-refractivity contribution in [2.24, 2.45) is 5.73 Å². The van der Waals surface area contributed by atoms with Crippen molar-refractivity contribution in [2.45, 2.75) is 19.9 Å². The third-order valence-corrected chi connectivity index (χ3v) is 3.19. The Labute approximate surface area is 119 Å². The second-order valence-corrected chi connectivity index (χ2v) is 4.79. The molecule has 2 aromatic carbocycles. The third-order valence-electron chi connectivity index (χ3n) is 3.19. The molecule has 0 radical (unpaired) electrons. The number of hydrogen-bond acceptors (Lipinski definition) is 2. The van der Waals surface area contributed by atoms with Crippen molar-refractivity contribution in [3.8, 4) is 0 Å². The predicted molar refractivity (Wildman–Crippen MR) is 82.9 cm³/mol. The van der Waals surface area contributed by atoms with Gasteiger partial charge in [0.25, 0.3) is 0 Å². The summed E-state index contributed by atoms with van der Waals surface area (Å²) in [6.45, 7) is 4.23.